The number of urea groups is 1. The standard InChI is InChI=1S/C10H13N3O3/c1-2-8(9(14)15)13-10(16)12-7-4-3-5-11-6-7/h3-6,8H,2H2,1H3,(H,14,15)(H2,12,13,16)/t8-/m1/s1. The quantitative estimate of drug-likeness (QED) is 0.711. The zero-order valence-electron chi connectivity index (χ0n) is 8.80. The fourth-order valence-corrected chi connectivity index (χ4v) is 1.10. The minimum Gasteiger partial charge on any atom is -0.480 e. The number of anilines is 1. The van der Waals surface area contributed by atoms with Gasteiger partial charge in [-0.3, -0.25) is 4.98 Å². The third kappa shape index (κ3) is 3.56. The van der Waals surface area contributed by atoms with Crippen molar-refractivity contribution >= 4 is 17.7 Å². The van der Waals surface area contributed by atoms with E-state index in [2.05, 4.69) is 15.6 Å². The smallest absolute Gasteiger partial charge is 0.326 e. The number of aliphatic carboxylic acids is 1. The molecule has 3 N–H and O–H groups in total. The summed E-state index contributed by atoms with van der Waals surface area (Å²) in [6.45, 7) is 1.68. The van der Waals surface area contributed by atoms with Crippen LogP contribution in [-0.2, 0) is 4.79 Å². The van der Waals surface area contributed by atoms with E-state index in [-0.39, 0.29) is 0 Å². The normalized spacial score (nSPS) is 11.6. The number of carbonyl (C=O) groups is 2. The second-order valence-electron chi connectivity index (χ2n) is 3.14. The number of nitrogens with zero attached hydrogens (tertiary/aromatic N) is 1. The molecular weight excluding hydrogens is 210 g/mol. The molecular formula is C10H13N3O3. The van der Waals surface area contributed by atoms with E-state index < -0.39 is 18.0 Å². The Balaban J connectivity index is 2.50. The average molecular weight is 223 g/mol. The maximum absolute atomic E-state index is 11.4. The van der Waals surface area contributed by atoms with Gasteiger partial charge >= 0.3 is 12.0 Å². The van der Waals surface area contributed by atoms with E-state index in [1.165, 1.54) is 6.20 Å². The van der Waals surface area contributed by atoms with Crippen LogP contribution in [0.25, 0.3) is 0 Å². The second kappa shape index (κ2) is 5.69. The number of amides is 2. The van der Waals surface area contributed by atoms with Crippen molar-refractivity contribution in [3.05, 3.63) is 24.5 Å². The van der Waals surface area contributed by atoms with Crippen LogP contribution in [0.15, 0.2) is 24.5 Å². The van der Waals surface area contributed by atoms with Gasteiger partial charge in [-0.1, -0.05) is 6.92 Å². The molecule has 1 heterocycles. The van der Waals surface area contributed by atoms with Crippen LogP contribution in [0.2, 0.25) is 0 Å². The third-order valence-corrected chi connectivity index (χ3v) is 1.93. The Kier molecular flexibility index (Phi) is 4.26. The molecule has 1 atom stereocenters. The van der Waals surface area contributed by atoms with Crippen molar-refractivity contribution in [2.45, 2.75) is 19.4 Å². The lowest BCUT2D eigenvalue weighted by molar-refractivity contribution is -0.139. The van der Waals surface area contributed by atoms with Crippen LogP contribution < -0.4 is 10.6 Å². The third-order valence-electron chi connectivity index (χ3n) is 1.93. The first kappa shape index (κ1) is 12.0. The molecule has 0 radical (unpaired) electrons. The summed E-state index contributed by atoms with van der Waals surface area (Å²) in [4.78, 5) is 25.8. The Morgan fingerprint density at radius 2 is 2.31 bits per heavy atom. The average Bonchev–Trinajstić information content (AvgIpc) is 2.27. The van der Waals surface area contributed by atoms with Crippen molar-refractivity contribution in [2.75, 3.05) is 5.32 Å². The number of carbonyl (C=O) groups excluding carboxylic acids is 1. The molecule has 1 rings (SSSR count). The first-order chi connectivity index (χ1) is 7.63. The minimum absolute atomic E-state index is 0.329. The van der Waals surface area contributed by atoms with Crippen LogP contribution in [0.5, 0.6) is 0 Å². The highest BCUT2D eigenvalue weighted by atomic mass is 16.4. The van der Waals surface area contributed by atoms with Gasteiger partial charge in [-0.2, -0.15) is 0 Å². The van der Waals surface area contributed by atoms with E-state index in [4.69, 9.17) is 5.11 Å². The lowest BCUT2D eigenvalue weighted by Crippen LogP contribution is -2.42. The Morgan fingerprint density at radius 3 is 2.81 bits per heavy atom. The second-order valence-corrected chi connectivity index (χ2v) is 3.14. The largest absolute Gasteiger partial charge is 0.480 e. The van der Waals surface area contributed by atoms with E-state index in [0.717, 1.165) is 0 Å². The summed E-state index contributed by atoms with van der Waals surface area (Å²) in [5.74, 6) is -1.05. The Labute approximate surface area is 92.7 Å². The highest BCUT2D eigenvalue weighted by Crippen LogP contribution is 2.02. The van der Waals surface area contributed by atoms with Gasteiger partial charge in [0, 0.05) is 6.20 Å². The van der Waals surface area contributed by atoms with Crippen molar-refractivity contribution in [2.24, 2.45) is 0 Å². The molecule has 6 nitrogen and oxygen atoms in total. The first-order valence-corrected chi connectivity index (χ1v) is 4.83. The lowest BCUT2D eigenvalue weighted by Gasteiger charge is -2.12. The molecule has 1 aromatic heterocycles. The van der Waals surface area contributed by atoms with Crippen LogP contribution in [0, 0.1) is 0 Å². The summed E-state index contributed by atoms with van der Waals surface area (Å²) in [6.07, 6.45) is 3.38. The summed E-state index contributed by atoms with van der Waals surface area (Å²) in [5, 5.41) is 13.6. The summed E-state index contributed by atoms with van der Waals surface area (Å²) in [5.41, 5.74) is 0.514. The number of aromatic nitrogens is 1. The number of carboxylic acids is 1. The molecule has 0 spiro atoms. The molecule has 2 amide bonds. The minimum atomic E-state index is -1.05. The predicted molar refractivity (Wildman–Crippen MR) is 58.1 cm³/mol. The van der Waals surface area contributed by atoms with Gasteiger partial charge in [0.2, 0.25) is 0 Å². The Morgan fingerprint density at radius 1 is 1.56 bits per heavy atom. The fraction of sp³-hybridized carbons (Fsp3) is 0.300. The molecule has 0 saturated heterocycles. The number of rotatable bonds is 4. The molecule has 0 aliphatic rings. The number of nitrogens with one attached hydrogen (secondary N) is 2. The van der Waals surface area contributed by atoms with Gasteiger partial charge in [-0.05, 0) is 18.6 Å². The maximum atomic E-state index is 11.4. The van der Waals surface area contributed by atoms with E-state index in [1.54, 1.807) is 25.3 Å². The van der Waals surface area contributed by atoms with Gasteiger partial charge in [-0.25, -0.2) is 9.59 Å². The van der Waals surface area contributed by atoms with Crippen molar-refractivity contribution in [1.82, 2.24) is 10.3 Å². The predicted octanol–water partition coefficient (Wildman–Crippen LogP) is 1.07. The SMILES string of the molecule is CC[C@@H](NC(=O)Nc1cccnc1)C(=O)O. The van der Waals surface area contributed by atoms with E-state index in [1.807, 2.05) is 0 Å². The highest BCUT2D eigenvalue weighted by Gasteiger charge is 2.17. The number of hydrogen-bond donors (Lipinski definition) is 3. The van der Waals surface area contributed by atoms with Gasteiger partial charge in [0.1, 0.15) is 6.04 Å². The molecule has 86 valence electrons. The molecule has 0 aliphatic carbocycles. The van der Waals surface area contributed by atoms with Crippen LogP contribution in [0.1, 0.15) is 13.3 Å². The fourth-order valence-electron chi connectivity index (χ4n) is 1.10. The van der Waals surface area contributed by atoms with Crippen LogP contribution in [0.4, 0.5) is 10.5 Å². The zero-order chi connectivity index (χ0) is 12.0. The molecule has 0 aromatic carbocycles. The van der Waals surface area contributed by atoms with E-state index in [0.29, 0.717) is 12.1 Å². The molecule has 1 aromatic rings. The van der Waals surface area contributed by atoms with Crippen molar-refractivity contribution in [3.8, 4) is 0 Å². The maximum Gasteiger partial charge on any atom is 0.326 e. The molecule has 6 heteroatoms. The Bertz CT molecular complexity index is 367. The zero-order valence-corrected chi connectivity index (χ0v) is 8.80. The summed E-state index contributed by atoms with van der Waals surface area (Å²) >= 11 is 0. The van der Waals surface area contributed by atoms with Crippen molar-refractivity contribution < 1.29 is 14.7 Å². The molecule has 16 heavy (non-hydrogen) atoms. The van der Waals surface area contributed by atoms with Crippen LogP contribution >= 0.6 is 0 Å². The highest BCUT2D eigenvalue weighted by molar-refractivity contribution is 5.91. The summed E-state index contributed by atoms with van der Waals surface area (Å²) in [6, 6.07) is 1.90. The molecule has 0 bridgehead atoms. The first-order valence-electron chi connectivity index (χ1n) is 4.83. The molecule has 0 aliphatic heterocycles. The van der Waals surface area contributed by atoms with E-state index >= 15 is 0 Å². The number of carboxylic acid groups (broad SMARTS) is 1. The summed E-state index contributed by atoms with van der Waals surface area (Å²) < 4.78 is 0. The van der Waals surface area contributed by atoms with Crippen LogP contribution in [0.3, 0.4) is 0 Å². The van der Waals surface area contributed by atoms with Crippen molar-refractivity contribution in [3.63, 3.8) is 0 Å². The van der Waals surface area contributed by atoms with Crippen molar-refractivity contribution in [1.29, 1.82) is 0 Å². The van der Waals surface area contributed by atoms with Gasteiger partial charge in [0.15, 0.2) is 0 Å². The van der Waals surface area contributed by atoms with Crippen LogP contribution in [-0.4, -0.2) is 28.1 Å². The molecule has 0 unspecified atom stereocenters. The number of pyridine rings is 1. The van der Waals surface area contributed by atoms with Gasteiger partial charge < -0.3 is 15.7 Å². The van der Waals surface area contributed by atoms with Gasteiger partial charge in [0.05, 0.1) is 11.9 Å². The van der Waals surface area contributed by atoms with Gasteiger partial charge in [0.25, 0.3) is 0 Å². The molecule has 0 saturated carbocycles. The van der Waals surface area contributed by atoms with Gasteiger partial charge in [-0.15, -0.1) is 0 Å². The lowest BCUT2D eigenvalue weighted by atomic mass is 10.2. The molecule has 0 fully saturated rings. The monoisotopic (exact) mass is 223 g/mol. The summed E-state index contributed by atoms with van der Waals surface area (Å²) in [7, 11) is 0. The number of hydrogen-bond acceptors (Lipinski definition) is 3. The van der Waals surface area contributed by atoms with E-state index in [9.17, 15) is 9.59 Å². The topological polar surface area (TPSA) is 91.3 Å². The Hall–Kier alpha value is -2.11.